The molecule has 1 aromatic heterocycles. The molecule has 0 saturated carbocycles. The minimum atomic E-state index is -0.231. The summed E-state index contributed by atoms with van der Waals surface area (Å²) in [7, 11) is 4.74. The van der Waals surface area contributed by atoms with Crippen LogP contribution in [-0.2, 0) is 22.5 Å². The van der Waals surface area contributed by atoms with Crippen molar-refractivity contribution in [3.8, 4) is 11.5 Å². The number of amides is 2. The number of methoxy groups -OCH3 is 3. The Labute approximate surface area is 219 Å². The number of carbonyl (C=O) groups is 2. The van der Waals surface area contributed by atoms with Gasteiger partial charge in [-0.15, -0.1) is 0 Å². The number of carbonyl (C=O) groups excluding carboxylic acids is 2. The molecule has 192 valence electrons. The van der Waals surface area contributed by atoms with Crippen LogP contribution in [0, 0.1) is 0 Å². The van der Waals surface area contributed by atoms with Crippen LogP contribution in [0.2, 0.25) is 0 Å². The van der Waals surface area contributed by atoms with E-state index in [-0.39, 0.29) is 18.4 Å². The molecule has 2 aromatic carbocycles. The number of hydrogen-bond donors (Lipinski definition) is 0. The van der Waals surface area contributed by atoms with Gasteiger partial charge in [-0.3, -0.25) is 9.59 Å². The first-order valence-corrected chi connectivity index (χ1v) is 12.3. The molecular weight excluding hydrogens is 528 g/mol. The quantitative estimate of drug-likeness (QED) is 0.309. The van der Waals surface area contributed by atoms with E-state index in [1.165, 1.54) is 4.90 Å². The topological polar surface area (TPSA) is 81.5 Å². The molecule has 0 bridgehead atoms. The molecule has 2 amide bonds. The lowest BCUT2D eigenvalue weighted by Gasteiger charge is -2.27. The van der Waals surface area contributed by atoms with E-state index in [9.17, 15) is 9.59 Å². The molecule has 3 aromatic rings. The molecule has 3 rings (SSSR count). The first-order valence-electron chi connectivity index (χ1n) is 11.5. The molecule has 36 heavy (non-hydrogen) atoms. The summed E-state index contributed by atoms with van der Waals surface area (Å²) in [5.41, 5.74) is 1.50. The fraction of sp³-hybridized carbons (Fsp3) is 0.333. The first-order chi connectivity index (χ1) is 17.4. The zero-order valence-electron chi connectivity index (χ0n) is 20.7. The standard InChI is InChI=1S/C27H31BrN2O6/c1-33-16-14-30(27(32)21-7-9-22(28)10-8-21)19-26(31)29(18-23-5-4-15-36-23)13-12-20-6-11-24(34-2)25(17-20)35-3/h4-11,15,17H,12-14,16,18-19H2,1-3H3. The predicted octanol–water partition coefficient (Wildman–Crippen LogP) is 4.42. The highest BCUT2D eigenvalue weighted by molar-refractivity contribution is 9.10. The molecule has 0 atom stereocenters. The Morgan fingerprint density at radius 2 is 1.67 bits per heavy atom. The van der Waals surface area contributed by atoms with E-state index in [0.717, 1.165) is 10.0 Å². The van der Waals surface area contributed by atoms with E-state index in [1.54, 1.807) is 62.8 Å². The van der Waals surface area contributed by atoms with E-state index in [0.29, 0.717) is 55.5 Å². The van der Waals surface area contributed by atoms with Gasteiger partial charge in [0.2, 0.25) is 5.91 Å². The molecule has 1 heterocycles. The van der Waals surface area contributed by atoms with Gasteiger partial charge in [0.1, 0.15) is 12.3 Å². The molecule has 0 unspecified atom stereocenters. The molecule has 9 heteroatoms. The van der Waals surface area contributed by atoms with Crippen molar-refractivity contribution in [1.29, 1.82) is 0 Å². The normalized spacial score (nSPS) is 10.7. The summed E-state index contributed by atoms with van der Waals surface area (Å²) < 4.78 is 22.3. The number of rotatable bonds is 13. The van der Waals surface area contributed by atoms with Gasteiger partial charge in [-0.2, -0.15) is 0 Å². The summed E-state index contributed by atoms with van der Waals surface area (Å²) in [5.74, 6) is 1.52. The maximum Gasteiger partial charge on any atom is 0.254 e. The largest absolute Gasteiger partial charge is 0.493 e. The average molecular weight is 559 g/mol. The third kappa shape index (κ3) is 7.60. The van der Waals surface area contributed by atoms with Gasteiger partial charge in [-0.05, 0) is 60.5 Å². The Balaban J connectivity index is 1.76. The third-order valence-electron chi connectivity index (χ3n) is 5.67. The van der Waals surface area contributed by atoms with E-state index < -0.39 is 0 Å². The van der Waals surface area contributed by atoms with Gasteiger partial charge in [0.25, 0.3) is 5.91 Å². The van der Waals surface area contributed by atoms with Crippen molar-refractivity contribution in [3.63, 3.8) is 0 Å². The van der Waals surface area contributed by atoms with Crippen LogP contribution >= 0.6 is 15.9 Å². The van der Waals surface area contributed by atoms with Crippen LogP contribution in [0.3, 0.4) is 0 Å². The van der Waals surface area contributed by atoms with E-state index >= 15 is 0 Å². The van der Waals surface area contributed by atoms with Gasteiger partial charge in [0.15, 0.2) is 11.5 Å². The maximum atomic E-state index is 13.5. The molecule has 0 N–H and O–H groups in total. The molecule has 8 nitrogen and oxygen atoms in total. The molecule has 0 spiro atoms. The van der Waals surface area contributed by atoms with Crippen LogP contribution < -0.4 is 9.47 Å². The molecular formula is C27H31BrN2O6. The minimum Gasteiger partial charge on any atom is -0.493 e. The number of ether oxygens (including phenoxy) is 3. The molecule has 0 aliphatic rings. The van der Waals surface area contributed by atoms with Crippen molar-refractivity contribution < 1.29 is 28.2 Å². The van der Waals surface area contributed by atoms with Gasteiger partial charge in [-0.1, -0.05) is 22.0 Å². The second kappa shape index (κ2) is 13.7. The zero-order valence-corrected chi connectivity index (χ0v) is 22.3. The minimum absolute atomic E-state index is 0.0785. The van der Waals surface area contributed by atoms with Crippen LogP contribution in [0.15, 0.2) is 69.8 Å². The van der Waals surface area contributed by atoms with Crippen molar-refractivity contribution in [1.82, 2.24) is 9.80 Å². The van der Waals surface area contributed by atoms with E-state index in [2.05, 4.69) is 15.9 Å². The van der Waals surface area contributed by atoms with Crippen molar-refractivity contribution in [2.24, 2.45) is 0 Å². The number of nitrogens with zero attached hydrogens (tertiary/aromatic N) is 2. The molecule has 0 radical (unpaired) electrons. The van der Waals surface area contributed by atoms with Gasteiger partial charge in [0.05, 0.1) is 33.6 Å². The van der Waals surface area contributed by atoms with Crippen molar-refractivity contribution in [2.45, 2.75) is 13.0 Å². The average Bonchev–Trinajstić information content (AvgIpc) is 3.41. The monoisotopic (exact) mass is 558 g/mol. The Bertz CT molecular complexity index is 1120. The smallest absolute Gasteiger partial charge is 0.254 e. The summed E-state index contributed by atoms with van der Waals surface area (Å²) in [6.07, 6.45) is 2.17. The van der Waals surface area contributed by atoms with Crippen molar-refractivity contribution in [3.05, 3.63) is 82.2 Å². The number of hydrogen-bond acceptors (Lipinski definition) is 6. The van der Waals surface area contributed by atoms with Gasteiger partial charge < -0.3 is 28.4 Å². The highest BCUT2D eigenvalue weighted by Gasteiger charge is 2.23. The summed E-state index contributed by atoms with van der Waals surface area (Å²) in [6, 6.07) is 16.4. The second-order valence-electron chi connectivity index (χ2n) is 8.06. The number of halogens is 1. The summed E-state index contributed by atoms with van der Waals surface area (Å²) in [6.45, 7) is 1.26. The Morgan fingerprint density at radius 1 is 0.917 bits per heavy atom. The van der Waals surface area contributed by atoms with Crippen LogP contribution in [0.1, 0.15) is 21.7 Å². The maximum absolute atomic E-state index is 13.5. The molecule has 0 aliphatic carbocycles. The SMILES string of the molecule is COCCN(CC(=O)N(CCc1ccc(OC)c(OC)c1)Cc1ccco1)C(=O)c1ccc(Br)cc1. The number of benzene rings is 2. The van der Waals surface area contributed by atoms with E-state index in [4.69, 9.17) is 18.6 Å². The molecule has 0 aliphatic heterocycles. The van der Waals surface area contributed by atoms with Crippen LogP contribution in [0.4, 0.5) is 0 Å². The van der Waals surface area contributed by atoms with Crippen LogP contribution in [0.5, 0.6) is 11.5 Å². The van der Waals surface area contributed by atoms with Gasteiger partial charge in [-0.25, -0.2) is 0 Å². The van der Waals surface area contributed by atoms with Crippen molar-refractivity contribution in [2.75, 3.05) is 47.6 Å². The number of furan rings is 1. The van der Waals surface area contributed by atoms with Gasteiger partial charge >= 0.3 is 0 Å². The highest BCUT2D eigenvalue weighted by Crippen LogP contribution is 2.27. The summed E-state index contributed by atoms with van der Waals surface area (Å²) in [5, 5.41) is 0. The molecule has 0 fully saturated rings. The Kier molecular flexibility index (Phi) is 10.4. The van der Waals surface area contributed by atoms with Crippen LogP contribution in [-0.4, -0.2) is 69.2 Å². The molecule has 0 saturated heterocycles. The lowest BCUT2D eigenvalue weighted by Crippen LogP contribution is -2.44. The third-order valence-corrected chi connectivity index (χ3v) is 6.20. The Morgan fingerprint density at radius 3 is 2.31 bits per heavy atom. The Hall–Kier alpha value is -3.30. The fourth-order valence-electron chi connectivity index (χ4n) is 3.67. The highest BCUT2D eigenvalue weighted by atomic mass is 79.9. The van der Waals surface area contributed by atoms with Gasteiger partial charge in [0, 0.05) is 30.2 Å². The lowest BCUT2D eigenvalue weighted by molar-refractivity contribution is -0.132. The fourth-order valence-corrected chi connectivity index (χ4v) is 3.94. The lowest BCUT2D eigenvalue weighted by atomic mass is 10.1. The van der Waals surface area contributed by atoms with Crippen LogP contribution in [0.25, 0.3) is 0 Å². The summed E-state index contributed by atoms with van der Waals surface area (Å²) in [4.78, 5) is 29.9. The zero-order chi connectivity index (χ0) is 25.9. The summed E-state index contributed by atoms with van der Waals surface area (Å²) >= 11 is 3.39. The first kappa shape index (κ1) is 27.3. The van der Waals surface area contributed by atoms with E-state index in [1.807, 2.05) is 24.3 Å². The predicted molar refractivity (Wildman–Crippen MR) is 139 cm³/mol. The second-order valence-corrected chi connectivity index (χ2v) is 8.98. The van der Waals surface area contributed by atoms with Crippen molar-refractivity contribution >= 4 is 27.7 Å².